The van der Waals surface area contributed by atoms with Gasteiger partial charge in [-0.3, -0.25) is 9.59 Å². The smallest absolute Gasteiger partial charge is 0.305 e. The third kappa shape index (κ3) is 55.4. The van der Waals surface area contributed by atoms with E-state index in [9.17, 15) is 19.8 Å². The number of esters is 1. The highest BCUT2D eigenvalue weighted by atomic mass is 16.5. The number of allylic oxidation sites excluding steroid dienone is 6. The minimum atomic E-state index is -0.665. The van der Waals surface area contributed by atoms with Gasteiger partial charge in [-0.2, -0.15) is 0 Å². The van der Waals surface area contributed by atoms with Crippen LogP contribution < -0.4 is 5.32 Å². The number of aliphatic hydroxyl groups excluding tert-OH is 2. The quantitative estimate of drug-likeness (QED) is 0.0321. The molecule has 6 heteroatoms. The first-order chi connectivity index (χ1) is 34.5. The molecule has 2 unspecified atom stereocenters. The fourth-order valence-corrected chi connectivity index (χ4v) is 9.61. The molecular formula is C64H121NO5. The first kappa shape index (κ1) is 68.1. The van der Waals surface area contributed by atoms with Crippen LogP contribution >= 0.6 is 0 Å². The number of ether oxygens (including phenoxy) is 1. The lowest BCUT2D eigenvalue weighted by Crippen LogP contribution is -2.45. The minimum absolute atomic E-state index is 0.00318. The fourth-order valence-electron chi connectivity index (χ4n) is 9.61. The Bertz CT molecular complexity index is 1130. The second-order valence-corrected chi connectivity index (χ2v) is 21.4. The highest BCUT2D eigenvalue weighted by molar-refractivity contribution is 5.76. The second kappa shape index (κ2) is 59.6. The van der Waals surface area contributed by atoms with Crippen LogP contribution in [-0.4, -0.2) is 47.4 Å². The Morgan fingerprint density at radius 1 is 0.400 bits per heavy atom. The minimum Gasteiger partial charge on any atom is -0.466 e. The summed E-state index contributed by atoms with van der Waals surface area (Å²) in [5.74, 6) is -0.0362. The Morgan fingerprint density at radius 3 is 1.10 bits per heavy atom. The van der Waals surface area contributed by atoms with Crippen molar-refractivity contribution in [1.29, 1.82) is 0 Å². The Hall–Kier alpha value is -1.92. The summed E-state index contributed by atoms with van der Waals surface area (Å²) in [5.41, 5.74) is 0. The van der Waals surface area contributed by atoms with E-state index in [0.717, 1.165) is 51.4 Å². The van der Waals surface area contributed by atoms with Crippen LogP contribution in [0.2, 0.25) is 0 Å². The molecule has 6 nitrogen and oxygen atoms in total. The highest BCUT2D eigenvalue weighted by Gasteiger charge is 2.20. The number of carbonyl (C=O) groups excluding carboxylic acids is 2. The Balaban J connectivity index is 3.40. The molecular weight excluding hydrogens is 863 g/mol. The van der Waals surface area contributed by atoms with Crippen molar-refractivity contribution < 1.29 is 24.5 Å². The third-order valence-electron chi connectivity index (χ3n) is 14.4. The fraction of sp³-hybridized carbons (Fsp3) is 0.875. The maximum absolute atomic E-state index is 12.4. The van der Waals surface area contributed by atoms with Crippen LogP contribution in [0.4, 0.5) is 0 Å². The van der Waals surface area contributed by atoms with Crippen LogP contribution in [0.1, 0.15) is 335 Å². The molecule has 0 fully saturated rings. The van der Waals surface area contributed by atoms with E-state index < -0.39 is 12.1 Å². The summed E-state index contributed by atoms with van der Waals surface area (Å²) < 4.78 is 5.48. The molecule has 0 aliphatic heterocycles. The van der Waals surface area contributed by atoms with Gasteiger partial charge >= 0.3 is 5.97 Å². The summed E-state index contributed by atoms with van der Waals surface area (Å²) >= 11 is 0. The van der Waals surface area contributed by atoms with Crippen LogP contribution in [0.3, 0.4) is 0 Å². The van der Waals surface area contributed by atoms with E-state index in [4.69, 9.17) is 4.74 Å². The maximum Gasteiger partial charge on any atom is 0.305 e. The molecule has 70 heavy (non-hydrogen) atoms. The average molecular weight is 985 g/mol. The Morgan fingerprint density at radius 2 is 0.714 bits per heavy atom. The SMILES string of the molecule is CCCCCCCCC/C=C\CCCCCCCC(=O)OCCCCCCCCCCC/C=C\C/C=C\CCCCCCCCCCCCCC(=O)NC(CO)C(O)CCCCCCCCCCCC. The summed E-state index contributed by atoms with van der Waals surface area (Å²) in [6.07, 6.45) is 74.5. The number of hydrogen-bond acceptors (Lipinski definition) is 5. The molecule has 2 atom stereocenters. The lowest BCUT2D eigenvalue weighted by Gasteiger charge is -2.22. The molecule has 0 aromatic carbocycles. The van der Waals surface area contributed by atoms with Gasteiger partial charge in [-0.05, 0) is 83.5 Å². The Labute approximate surface area is 436 Å². The molecule has 412 valence electrons. The molecule has 0 aromatic rings. The average Bonchev–Trinajstić information content (AvgIpc) is 3.36. The lowest BCUT2D eigenvalue weighted by atomic mass is 10.0. The van der Waals surface area contributed by atoms with Gasteiger partial charge in [0.2, 0.25) is 5.91 Å². The number of aliphatic hydroxyl groups is 2. The molecule has 0 radical (unpaired) electrons. The van der Waals surface area contributed by atoms with E-state index >= 15 is 0 Å². The van der Waals surface area contributed by atoms with Crippen LogP contribution in [-0.2, 0) is 14.3 Å². The normalized spacial score (nSPS) is 12.8. The van der Waals surface area contributed by atoms with Gasteiger partial charge in [-0.15, -0.1) is 0 Å². The van der Waals surface area contributed by atoms with Crippen molar-refractivity contribution in [2.24, 2.45) is 0 Å². The van der Waals surface area contributed by atoms with E-state index in [0.29, 0.717) is 25.9 Å². The third-order valence-corrected chi connectivity index (χ3v) is 14.4. The first-order valence-corrected chi connectivity index (χ1v) is 31.2. The highest BCUT2D eigenvalue weighted by Crippen LogP contribution is 2.17. The molecule has 0 aromatic heterocycles. The number of rotatable bonds is 58. The van der Waals surface area contributed by atoms with Crippen LogP contribution in [0.5, 0.6) is 0 Å². The van der Waals surface area contributed by atoms with Gasteiger partial charge in [-0.25, -0.2) is 0 Å². The van der Waals surface area contributed by atoms with Gasteiger partial charge < -0.3 is 20.3 Å². The van der Waals surface area contributed by atoms with Crippen molar-refractivity contribution in [3.8, 4) is 0 Å². The lowest BCUT2D eigenvalue weighted by molar-refractivity contribution is -0.143. The number of carbonyl (C=O) groups is 2. The van der Waals surface area contributed by atoms with Gasteiger partial charge in [0, 0.05) is 12.8 Å². The van der Waals surface area contributed by atoms with Crippen LogP contribution in [0, 0.1) is 0 Å². The van der Waals surface area contributed by atoms with Crippen molar-refractivity contribution in [1.82, 2.24) is 5.32 Å². The number of hydrogen-bond donors (Lipinski definition) is 3. The predicted molar refractivity (Wildman–Crippen MR) is 306 cm³/mol. The predicted octanol–water partition coefficient (Wildman–Crippen LogP) is 19.6. The van der Waals surface area contributed by atoms with E-state index in [2.05, 4.69) is 55.6 Å². The van der Waals surface area contributed by atoms with Crippen molar-refractivity contribution in [3.05, 3.63) is 36.5 Å². The molecule has 0 aliphatic carbocycles. The second-order valence-electron chi connectivity index (χ2n) is 21.4. The zero-order valence-electron chi connectivity index (χ0n) is 47.0. The van der Waals surface area contributed by atoms with Crippen molar-refractivity contribution >= 4 is 11.9 Å². The van der Waals surface area contributed by atoms with E-state index in [1.165, 1.54) is 250 Å². The monoisotopic (exact) mass is 984 g/mol. The zero-order chi connectivity index (χ0) is 50.7. The Kier molecular flexibility index (Phi) is 58.0. The van der Waals surface area contributed by atoms with Gasteiger partial charge in [0.25, 0.3) is 0 Å². The van der Waals surface area contributed by atoms with E-state index in [1.807, 2.05) is 0 Å². The molecule has 0 heterocycles. The first-order valence-electron chi connectivity index (χ1n) is 31.2. The summed E-state index contributed by atoms with van der Waals surface area (Å²) in [4.78, 5) is 24.5. The summed E-state index contributed by atoms with van der Waals surface area (Å²) in [7, 11) is 0. The van der Waals surface area contributed by atoms with Gasteiger partial charge in [0.05, 0.1) is 25.4 Å². The van der Waals surface area contributed by atoms with Gasteiger partial charge in [0.1, 0.15) is 0 Å². The summed E-state index contributed by atoms with van der Waals surface area (Å²) in [6, 6.07) is -0.542. The van der Waals surface area contributed by atoms with Gasteiger partial charge in [-0.1, -0.05) is 275 Å². The molecule has 0 saturated heterocycles. The zero-order valence-corrected chi connectivity index (χ0v) is 47.0. The summed E-state index contributed by atoms with van der Waals surface area (Å²) in [6.45, 7) is 4.94. The van der Waals surface area contributed by atoms with Crippen LogP contribution in [0.15, 0.2) is 36.5 Å². The number of amides is 1. The molecule has 1 amide bonds. The maximum atomic E-state index is 12.4. The molecule has 0 aliphatic rings. The van der Waals surface area contributed by atoms with Crippen molar-refractivity contribution in [2.45, 2.75) is 347 Å². The largest absolute Gasteiger partial charge is 0.466 e. The molecule has 0 bridgehead atoms. The molecule has 0 spiro atoms. The molecule has 0 saturated carbocycles. The van der Waals surface area contributed by atoms with Crippen LogP contribution in [0.25, 0.3) is 0 Å². The number of nitrogens with one attached hydrogen (secondary N) is 1. The van der Waals surface area contributed by atoms with E-state index in [-0.39, 0.29) is 18.5 Å². The van der Waals surface area contributed by atoms with Crippen molar-refractivity contribution in [3.63, 3.8) is 0 Å². The van der Waals surface area contributed by atoms with Gasteiger partial charge in [0.15, 0.2) is 0 Å². The topological polar surface area (TPSA) is 95.9 Å². The number of unbranched alkanes of at least 4 members (excludes halogenated alkanes) is 41. The van der Waals surface area contributed by atoms with E-state index in [1.54, 1.807) is 0 Å². The molecule has 3 N–H and O–H groups in total. The standard InChI is InChI=1S/C64H121NO5/c1-3-5-7-9-11-13-15-16-17-32-35-38-42-46-50-54-58-64(69)70-59-55-51-47-43-39-36-33-30-28-26-24-22-20-18-19-21-23-25-27-29-31-34-37-41-45-49-53-57-63(68)65-61(60-66)62(67)56-52-48-44-40-14-12-10-8-6-4-2/h17-19,22,24,32,61-62,66-67H,3-16,20-21,23,25-31,33-60H2,1-2H3,(H,65,68)/b19-18-,24-22-,32-17-. The summed E-state index contributed by atoms with van der Waals surface area (Å²) in [5, 5.41) is 23.2. The van der Waals surface area contributed by atoms with Crippen molar-refractivity contribution in [2.75, 3.05) is 13.2 Å². The molecule has 0 rings (SSSR count).